The summed E-state index contributed by atoms with van der Waals surface area (Å²) in [6, 6.07) is 0. The molecule has 1 heterocycles. The smallest absolute Gasteiger partial charge is 0.107 e. The highest BCUT2D eigenvalue weighted by atomic mass is 35.7. The first-order valence-electron chi connectivity index (χ1n) is 3.55. The Morgan fingerprint density at radius 1 is 0.917 bits per heavy atom. The summed E-state index contributed by atoms with van der Waals surface area (Å²) in [6.07, 6.45) is 3.71. The van der Waals surface area contributed by atoms with Crippen molar-refractivity contribution in [3.05, 3.63) is 0 Å². The second kappa shape index (κ2) is 5.65. The fourth-order valence-corrected chi connectivity index (χ4v) is 0.960. The van der Waals surface area contributed by atoms with Crippen molar-refractivity contribution >= 4 is 0 Å². The number of hydrogen-bond donors (Lipinski definition) is 2. The van der Waals surface area contributed by atoms with E-state index in [9.17, 15) is 0 Å². The van der Waals surface area contributed by atoms with Crippen molar-refractivity contribution in [1.82, 2.24) is 0 Å². The highest BCUT2D eigenvalue weighted by Crippen LogP contribution is 1.92. The molecule has 0 bridgehead atoms. The van der Waals surface area contributed by atoms with E-state index in [2.05, 4.69) is 0 Å². The van der Waals surface area contributed by atoms with Gasteiger partial charge in [-0.1, -0.05) is 0 Å². The number of rotatable bonds is 0. The molecule has 12 heavy (non-hydrogen) atoms. The van der Waals surface area contributed by atoms with Gasteiger partial charge in [-0.15, -0.1) is 10.2 Å². The number of halogens is 1. The van der Waals surface area contributed by atoms with E-state index in [1.807, 2.05) is 0 Å². The van der Waals surface area contributed by atoms with Crippen molar-refractivity contribution in [3.8, 4) is 0 Å². The molecule has 0 unspecified atom stereocenters. The van der Waals surface area contributed by atoms with Gasteiger partial charge in [0.1, 0.15) is 13.1 Å². The third-order valence-electron chi connectivity index (χ3n) is 1.43. The van der Waals surface area contributed by atoms with Crippen molar-refractivity contribution in [2.45, 2.75) is 19.3 Å². The Bertz CT molecular complexity index is 105. The lowest BCUT2D eigenvalue weighted by Gasteiger charge is -2.17. The van der Waals surface area contributed by atoms with Gasteiger partial charge >= 0.3 is 0 Å². The number of hydroxylamine groups is 2. The third kappa shape index (κ3) is 12.7. The zero-order chi connectivity index (χ0) is 9.61. The third-order valence-corrected chi connectivity index (χ3v) is 1.43. The van der Waals surface area contributed by atoms with Crippen molar-refractivity contribution in [2.75, 3.05) is 13.1 Å². The molecule has 2 N–H and O–H groups in total. The summed E-state index contributed by atoms with van der Waals surface area (Å²) in [6.45, 7) is 1.92. The lowest BCUT2D eigenvalue weighted by molar-refractivity contribution is -2.00. The van der Waals surface area contributed by atoms with Gasteiger partial charge in [-0.3, -0.25) is 0 Å². The van der Waals surface area contributed by atoms with E-state index in [-0.39, 0.29) is 0 Å². The molecule has 0 aromatic heterocycles. The summed E-state index contributed by atoms with van der Waals surface area (Å²) >= 11 is 0. The lowest BCUT2D eigenvalue weighted by Crippen LogP contribution is -3.10. The van der Waals surface area contributed by atoms with Gasteiger partial charge in [0.25, 0.3) is 0 Å². The molecular weight excluding hydrogens is 190 g/mol. The first-order chi connectivity index (χ1) is 5.39. The van der Waals surface area contributed by atoms with Gasteiger partial charge in [0.15, 0.2) is 0 Å². The van der Waals surface area contributed by atoms with E-state index in [1.54, 1.807) is 0 Å². The molecule has 1 aliphatic rings. The molecule has 0 radical (unpaired) electrons. The first-order valence-corrected chi connectivity index (χ1v) is 4.78. The Balaban J connectivity index is 0.000000217. The number of nitrogens with one attached hydrogen (secondary N) is 1. The van der Waals surface area contributed by atoms with Gasteiger partial charge < -0.3 is 0 Å². The summed E-state index contributed by atoms with van der Waals surface area (Å²) in [5.74, 6) is 0. The average Bonchev–Trinajstić information content (AvgIpc) is 1.85. The molecule has 0 saturated carbocycles. The Kier molecular flexibility index (Phi) is 5.68. The first kappa shape index (κ1) is 12.0. The zero-order valence-corrected chi connectivity index (χ0v) is 7.25. The number of hydrogen-bond acceptors (Lipinski definition) is 5. The van der Waals surface area contributed by atoms with Crippen LogP contribution < -0.4 is 23.7 Å². The molecule has 0 aliphatic carbocycles. The van der Waals surface area contributed by atoms with E-state index in [0.29, 0.717) is 5.06 Å². The van der Waals surface area contributed by atoms with Crippen LogP contribution in [-0.4, -0.2) is 18.3 Å². The standard InChI is InChI=1S/C5H11NO.ClHO4/c7-6-4-2-1-3-5-6;2-1(3,4)5/h7H,1-5H2;(H,2,3,4,5). The van der Waals surface area contributed by atoms with Crippen LogP contribution >= 0.6 is 0 Å². The lowest BCUT2D eigenvalue weighted by atomic mass is 10.2. The van der Waals surface area contributed by atoms with Crippen LogP contribution in [0.5, 0.6) is 0 Å². The molecule has 1 aliphatic heterocycles. The monoisotopic (exact) mass is 201 g/mol. The highest BCUT2D eigenvalue weighted by molar-refractivity contribution is 4.41. The Hall–Kier alpha value is 0.0500. The van der Waals surface area contributed by atoms with Crippen molar-refractivity contribution in [2.24, 2.45) is 0 Å². The van der Waals surface area contributed by atoms with Gasteiger partial charge in [-0.05, 0) is 19.3 Å². The van der Waals surface area contributed by atoms with Crippen LogP contribution in [0.2, 0.25) is 0 Å². The quantitative estimate of drug-likeness (QED) is 0.406. The molecule has 1 rings (SSSR count). The van der Waals surface area contributed by atoms with Gasteiger partial charge in [0.05, 0.1) is 0 Å². The molecule has 1 saturated heterocycles. The molecule has 6 nitrogen and oxygen atoms in total. The van der Waals surface area contributed by atoms with Gasteiger partial charge in [-0.25, -0.2) is 23.8 Å². The second-order valence-electron chi connectivity index (χ2n) is 2.50. The molecule has 0 amide bonds. The van der Waals surface area contributed by atoms with Crippen LogP contribution in [0.1, 0.15) is 19.3 Å². The van der Waals surface area contributed by atoms with Crippen LogP contribution in [-0.2, 0) is 0 Å². The topological polar surface area (TPSA) is 117 Å². The maximum atomic E-state index is 8.83. The summed E-state index contributed by atoms with van der Waals surface area (Å²) in [5, 5.41) is 9.54. The Morgan fingerprint density at radius 3 is 1.42 bits per heavy atom. The largest absolute Gasteiger partial charge is 0.222 e. The van der Waals surface area contributed by atoms with Crippen LogP contribution in [0.25, 0.3) is 0 Å². The van der Waals surface area contributed by atoms with E-state index < -0.39 is 10.2 Å². The van der Waals surface area contributed by atoms with Crippen molar-refractivity contribution < 1.29 is 39.1 Å². The molecule has 0 aromatic carbocycles. The molecule has 7 heteroatoms. The molecule has 74 valence electrons. The Morgan fingerprint density at radius 2 is 1.25 bits per heavy atom. The van der Waals surface area contributed by atoms with Crippen LogP contribution in [0.15, 0.2) is 0 Å². The average molecular weight is 202 g/mol. The fraction of sp³-hybridized carbons (Fsp3) is 1.00. The zero-order valence-electron chi connectivity index (χ0n) is 6.49. The molecular formula is C5H12ClNO5. The van der Waals surface area contributed by atoms with E-state index in [4.69, 9.17) is 23.8 Å². The molecule has 0 aromatic rings. The molecule has 0 spiro atoms. The maximum absolute atomic E-state index is 8.83. The van der Waals surface area contributed by atoms with Crippen LogP contribution in [0, 0.1) is 10.2 Å². The summed E-state index contributed by atoms with van der Waals surface area (Å²) < 4.78 is 34.0. The second-order valence-corrected chi connectivity index (χ2v) is 3.26. The Labute approximate surface area is 72.3 Å². The van der Waals surface area contributed by atoms with Crippen LogP contribution in [0.3, 0.4) is 0 Å². The SMILES string of the molecule is O[NH+]1CCCCC1.[O-][Cl+3]([O-])([O-])[O-]. The summed E-state index contributed by atoms with van der Waals surface area (Å²) in [7, 11) is -4.94. The minimum atomic E-state index is -4.94. The molecule has 1 fully saturated rings. The summed E-state index contributed by atoms with van der Waals surface area (Å²) in [4.78, 5) is 0. The minimum Gasteiger partial charge on any atom is -0.222 e. The van der Waals surface area contributed by atoms with Gasteiger partial charge in [0, 0.05) is 0 Å². The fourth-order valence-electron chi connectivity index (χ4n) is 0.960. The van der Waals surface area contributed by atoms with E-state index in [0.717, 1.165) is 13.1 Å². The van der Waals surface area contributed by atoms with E-state index in [1.165, 1.54) is 19.3 Å². The van der Waals surface area contributed by atoms with Gasteiger partial charge in [-0.2, -0.15) is 5.06 Å². The minimum absolute atomic E-state index is 0.714. The molecule has 0 atom stereocenters. The van der Waals surface area contributed by atoms with Crippen LogP contribution in [0.4, 0.5) is 0 Å². The van der Waals surface area contributed by atoms with Crippen molar-refractivity contribution in [3.63, 3.8) is 0 Å². The van der Waals surface area contributed by atoms with Gasteiger partial charge in [0.2, 0.25) is 0 Å². The predicted molar refractivity (Wildman–Crippen MR) is 26.3 cm³/mol. The number of quaternary nitrogens is 1. The highest BCUT2D eigenvalue weighted by Gasteiger charge is 2.08. The predicted octanol–water partition coefficient (Wildman–Crippen LogP) is -5.31. The number of piperidine rings is 1. The summed E-state index contributed by atoms with van der Waals surface area (Å²) in [5.41, 5.74) is 0. The van der Waals surface area contributed by atoms with Crippen molar-refractivity contribution in [1.29, 1.82) is 0 Å². The van der Waals surface area contributed by atoms with E-state index >= 15 is 0 Å². The maximum Gasteiger partial charge on any atom is 0.107 e. The normalized spacial score (nSPS) is 19.8.